The fourth-order valence-electron chi connectivity index (χ4n) is 1.25. The topological polar surface area (TPSA) is 104 Å². The smallest absolute Gasteiger partial charge is 0.326 e. The highest BCUT2D eigenvalue weighted by Gasteiger charge is 2.23. The van der Waals surface area contributed by atoms with Gasteiger partial charge in [0.2, 0.25) is 0 Å². The molecule has 1 rings (SSSR count). The van der Waals surface area contributed by atoms with E-state index in [1.165, 1.54) is 6.07 Å². The molecule has 8 heteroatoms. The highest BCUT2D eigenvalue weighted by Crippen LogP contribution is 2.15. The molecule has 0 radical (unpaired) electrons. The standard InChI is InChI=1S/C11H9ClFNO5/c12-6-2-1-5(3-7(6)13)10(17)14-8(11(18)19)4-9(15)16/h1-3,8H,4H2,(H,14,17)(H,15,16)(H,18,19)/t8-/m0/s1. The van der Waals surface area contributed by atoms with Gasteiger partial charge in [-0.2, -0.15) is 0 Å². The van der Waals surface area contributed by atoms with Crippen LogP contribution in [-0.2, 0) is 9.59 Å². The summed E-state index contributed by atoms with van der Waals surface area (Å²) in [4.78, 5) is 32.8. The molecular weight excluding hydrogens is 281 g/mol. The first kappa shape index (κ1) is 14.9. The Labute approximate surface area is 111 Å². The van der Waals surface area contributed by atoms with Crippen molar-refractivity contribution in [3.8, 4) is 0 Å². The van der Waals surface area contributed by atoms with Crippen molar-refractivity contribution in [2.45, 2.75) is 12.5 Å². The molecule has 0 unspecified atom stereocenters. The molecule has 1 atom stereocenters. The van der Waals surface area contributed by atoms with Crippen LogP contribution in [0.25, 0.3) is 0 Å². The average molecular weight is 290 g/mol. The second-order valence-electron chi connectivity index (χ2n) is 3.59. The molecule has 3 N–H and O–H groups in total. The van der Waals surface area contributed by atoms with E-state index in [1.54, 1.807) is 0 Å². The molecule has 1 amide bonds. The zero-order valence-corrected chi connectivity index (χ0v) is 10.1. The Bertz CT molecular complexity index is 534. The van der Waals surface area contributed by atoms with Gasteiger partial charge in [-0.15, -0.1) is 0 Å². The van der Waals surface area contributed by atoms with Crippen molar-refractivity contribution in [2.75, 3.05) is 0 Å². The van der Waals surface area contributed by atoms with Crippen LogP contribution in [0.5, 0.6) is 0 Å². The van der Waals surface area contributed by atoms with E-state index >= 15 is 0 Å². The fraction of sp³-hybridized carbons (Fsp3) is 0.182. The number of amides is 1. The highest BCUT2D eigenvalue weighted by atomic mass is 35.5. The summed E-state index contributed by atoms with van der Waals surface area (Å²) in [5, 5.41) is 19.0. The van der Waals surface area contributed by atoms with E-state index in [1.807, 2.05) is 5.32 Å². The first-order valence-corrected chi connectivity index (χ1v) is 5.39. The van der Waals surface area contributed by atoms with Gasteiger partial charge in [-0.25, -0.2) is 9.18 Å². The van der Waals surface area contributed by atoms with E-state index in [0.29, 0.717) is 0 Å². The monoisotopic (exact) mass is 289 g/mol. The lowest BCUT2D eigenvalue weighted by molar-refractivity contribution is -0.145. The van der Waals surface area contributed by atoms with Crippen LogP contribution in [0.2, 0.25) is 5.02 Å². The molecule has 0 aliphatic rings. The first-order valence-electron chi connectivity index (χ1n) is 5.01. The normalized spacial score (nSPS) is 11.7. The number of carbonyl (C=O) groups excluding carboxylic acids is 1. The van der Waals surface area contributed by atoms with Gasteiger partial charge in [0, 0.05) is 5.56 Å². The molecule has 0 bridgehead atoms. The molecular formula is C11H9ClFNO5. The lowest BCUT2D eigenvalue weighted by Crippen LogP contribution is -2.42. The number of aliphatic carboxylic acids is 2. The molecule has 0 aliphatic carbocycles. The van der Waals surface area contributed by atoms with Gasteiger partial charge in [-0.05, 0) is 18.2 Å². The number of hydrogen-bond acceptors (Lipinski definition) is 3. The third kappa shape index (κ3) is 4.22. The summed E-state index contributed by atoms with van der Waals surface area (Å²) >= 11 is 5.43. The molecule has 6 nitrogen and oxygen atoms in total. The van der Waals surface area contributed by atoms with Crippen molar-refractivity contribution < 1.29 is 29.0 Å². The summed E-state index contributed by atoms with van der Waals surface area (Å²) in [5.74, 6) is -4.61. The average Bonchev–Trinajstić information content (AvgIpc) is 2.31. The fourth-order valence-corrected chi connectivity index (χ4v) is 1.37. The maximum absolute atomic E-state index is 13.1. The molecule has 0 heterocycles. The largest absolute Gasteiger partial charge is 0.481 e. The third-order valence-electron chi connectivity index (χ3n) is 2.16. The van der Waals surface area contributed by atoms with E-state index in [0.717, 1.165) is 12.1 Å². The zero-order valence-electron chi connectivity index (χ0n) is 9.39. The SMILES string of the molecule is O=C(O)C[C@H](NC(=O)c1ccc(Cl)c(F)c1)C(=O)O. The Hall–Kier alpha value is -2.15. The number of benzene rings is 1. The van der Waals surface area contributed by atoms with E-state index in [9.17, 15) is 18.8 Å². The number of carboxylic acid groups (broad SMARTS) is 2. The molecule has 19 heavy (non-hydrogen) atoms. The molecule has 102 valence electrons. The minimum absolute atomic E-state index is 0.154. The van der Waals surface area contributed by atoms with Gasteiger partial charge >= 0.3 is 11.9 Å². The number of carboxylic acids is 2. The summed E-state index contributed by atoms with van der Waals surface area (Å²) in [6, 6.07) is 1.57. The van der Waals surface area contributed by atoms with E-state index in [4.69, 9.17) is 21.8 Å². The lowest BCUT2D eigenvalue weighted by atomic mass is 10.1. The lowest BCUT2D eigenvalue weighted by Gasteiger charge is -2.12. The minimum Gasteiger partial charge on any atom is -0.481 e. The van der Waals surface area contributed by atoms with Crippen molar-refractivity contribution >= 4 is 29.4 Å². The quantitative estimate of drug-likeness (QED) is 0.754. The summed E-state index contributed by atoms with van der Waals surface area (Å²) in [6.07, 6.45) is -0.781. The van der Waals surface area contributed by atoms with Gasteiger partial charge in [-0.1, -0.05) is 11.6 Å². The molecule has 0 aliphatic heterocycles. The van der Waals surface area contributed by atoms with E-state index < -0.39 is 36.1 Å². The van der Waals surface area contributed by atoms with Crippen molar-refractivity contribution in [2.24, 2.45) is 0 Å². The van der Waals surface area contributed by atoms with Crippen LogP contribution in [-0.4, -0.2) is 34.1 Å². The highest BCUT2D eigenvalue weighted by molar-refractivity contribution is 6.30. The minimum atomic E-state index is -1.59. The maximum atomic E-state index is 13.1. The van der Waals surface area contributed by atoms with Crippen molar-refractivity contribution in [1.29, 1.82) is 0 Å². The van der Waals surface area contributed by atoms with Gasteiger partial charge in [0.25, 0.3) is 5.91 Å². The number of nitrogens with one attached hydrogen (secondary N) is 1. The van der Waals surface area contributed by atoms with E-state index in [2.05, 4.69) is 0 Å². The van der Waals surface area contributed by atoms with Crippen LogP contribution in [0.3, 0.4) is 0 Å². The van der Waals surface area contributed by atoms with Crippen LogP contribution in [0, 0.1) is 5.82 Å². The van der Waals surface area contributed by atoms with Crippen molar-refractivity contribution in [3.63, 3.8) is 0 Å². The first-order chi connectivity index (χ1) is 8.81. The number of hydrogen-bond donors (Lipinski definition) is 3. The van der Waals surface area contributed by atoms with Gasteiger partial charge in [0.15, 0.2) is 0 Å². The molecule has 0 saturated carbocycles. The van der Waals surface area contributed by atoms with Gasteiger partial charge in [-0.3, -0.25) is 9.59 Å². The van der Waals surface area contributed by atoms with Crippen LogP contribution >= 0.6 is 11.6 Å². The van der Waals surface area contributed by atoms with Crippen LogP contribution in [0.1, 0.15) is 16.8 Å². The Morgan fingerprint density at radius 2 is 1.95 bits per heavy atom. The Balaban J connectivity index is 2.84. The van der Waals surface area contributed by atoms with Crippen LogP contribution in [0.4, 0.5) is 4.39 Å². The summed E-state index contributed by atoms with van der Waals surface area (Å²) in [6.45, 7) is 0. The Morgan fingerprint density at radius 1 is 1.32 bits per heavy atom. The molecule has 1 aromatic carbocycles. The number of halogens is 2. The van der Waals surface area contributed by atoms with Crippen LogP contribution < -0.4 is 5.32 Å². The molecule has 1 aromatic rings. The van der Waals surface area contributed by atoms with Gasteiger partial charge in [0.05, 0.1) is 11.4 Å². The van der Waals surface area contributed by atoms with E-state index in [-0.39, 0.29) is 10.6 Å². The van der Waals surface area contributed by atoms with Crippen molar-refractivity contribution in [1.82, 2.24) is 5.32 Å². The summed E-state index contributed by atoms with van der Waals surface area (Å²) in [5.41, 5.74) is -0.154. The van der Waals surface area contributed by atoms with Gasteiger partial charge < -0.3 is 15.5 Å². The predicted octanol–water partition coefficient (Wildman–Crippen LogP) is 1.14. The predicted molar refractivity (Wildman–Crippen MR) is 62.6 cm³/mol. The Kier molecular flexibility index (Phi) is 4.82. The summed E-state index contributed by atoms with van der Waals surface area (Å²) in [7, 11) is 0. The number of carbonyl (C=O) groups is 3. The number of rotatable bonds is 5. The molecule has 0 saturated heterocycles. The molecule has 0 aromatic heterocycles. The van der Waals surface area contributed by atoms with Crippen LogP contribution in [0.15, 0.2) is 18.2 Å². The molecule has 0 spiro atoms. The second-order valence-corrected chi connectivity index (χ2v) is 4.00. The van der Waals surface area contributed by atoms with Crippen molar-refractivity contribution in [3.05, 3.63) is 34.6 Å². The third-order valence-corrected chi connectivity index (χ3v) is 2.47. The summed E-state index contributed by atoms with van der Waals surface area (Å²) < 4.78 is 13.1. The zero-order chi connectivity index (χ0) is 14.6. The molecule has 0 fully saturated rings. The second kappa shape index (κ2) is 6.14. The van der Waals surface area contributed by atoms with Gasteiger partial charge in [0.1, 0.15) is 11.9 Å². The Morgan fingerprint density at radius 3 is 2.42 bits per heavy atom. The maximum Gasteiger partial charge on any atom is 0.326 e.